The minimum absolute atomic E-state index is 0. The Balaban J connectivity index is 0.00000169. The van der Waals surface area contributed by atoms with Gasteiger partial charge in [0.05, 0.1) is 13.0 Å². The standard InChI is InChI=1S/C18H26N4O2.2ClH/c19-16-5-3-15(4-6-16)13-17(23)21-9-11-22(12-10-21)18(24)14-20-7-1-2-8-20;;/h3-6H,1-2,7-14,19H2;2*1H. The van der Waals surface area contributed by atoms with Gasteiger partial charge in [-0.3, -0.25) is 14.5 Å². The van der Waals surface area contributed by atoms with Crippen molar-refractivity contribution in [2.45, 2.75) is 19.3 Å². The molecule has 0 aromatic heterocycles. The molecule has 2 aliphatic heterocycles. The summed E-state index contributed by atoms with van der Waals surface area (Å²) in [6.45, 7) is 5.12. The number of piperazine rings is 1. The summed E-state index contributed by atoms with van der Waals surface area (Å²) in [7, 11) is 0. The highest BCUT2D eigenvalue weighted by atomic mass is 35.5. The number of halogens is 2. The van der Waals surface area contributed by atoms with Crippen LogP contribution in [-0.4, -0.2) is 72.3 Å². The number of benzene rings is 1. The number of nitrogen functional groups attached to an aromatic ring is 1. The van der Waals surface area contributed by atoms with Gasteiger partial charge >= 0.3 is 0 Å². The molecule has 3 rings (SSSR count). The predicted molar refractivity (Wildman–Crippen MR) is 108 cm³/mol. The Morgan fingerprint density at radius 3 is 1.85 bits per heavy atom. The molecule has 0 radical (unpaired) electrons. The minimum Gasteiger partial charge on any atom is -0.399 e. The minimum atomic E-state index is 0. The molecule has 8 heteroatoms. The van der Waals surface area contributed by atoms with Crippen molar-refractivity contribution in [3.05, 3.63) is 29.8 Å². The van der Waals surface area contributed by atoms with Crippen molar-refractivity contribution in [1.29, 1.82) is 0 Å². The van der Waals surface area contributed by atoms with E-state index in [1.807, 2.05) is 34.1 Å². The second-order valence-corrected chi connectivity index (χ2v) is 6.66. The maximum atomic E-state index is 12.4. The van der Waals surface area contributed by atoms with Crippen molar-refractivity contribution < 1.29 is 9.59 Å². The fraction of sp³-hybridized carbons (Fsp3) is 0.556. The average molecular weight is 403 g/mol. The normalized spacial score (nSPS) is 17.4. The summed E-state index contributed by atoms with van der Waals surface area (Å²) < 4.78 is 0. The molecule has 0 atom stereocenters. The molecular weight excluding hydrogens is 375 g/mol. The second-order valence-electron chi connectivity index (χ2n) is 6.66. The average Bonchev–Trinajstić information content (AvgIpc) is 3.10. The zero-order chi connectivity index (χ0) is 16.9. The maximum Gasteiger partial charge on any atom is 0.236 e. The first-order valence-electron chi connectivity index (χ1n) is 8.74. The summed E-state index contributed by atoms with van der Waals surface area (Å²) in [5.74, 6) is 0.314. The molecule has 0 unspecified atom stereocenters. The van der Waals surface area contributed by atoms with E-state index >= 15 is 0 Å². The summed E-state index contributed by atoms with van der Waals surface area (Å²) in [4.78, 5) is 30.7. The molecule has 2 saturated heterocycles. The Hall–Kier alpha value is -1.50. The summed E-state index contributed by atoms with van der Waals surface area (Å²) in [6.07, 6.45) is 2.78. The van der Waals surface area contributed by atoms with E-state index in [1.165, 1.54) is 12.8 Å². The molecular formula is C18H28Cl2N4O2. The monoisotopic (exact) mass is 402 g/mol. The highest BCUT2D eigenvalue weighted by molar-refractivity contribution is 5.85. The van der Waals surface area contributed by atoms with E-state index in [4.69, 9.17) is 5.73 Å². The Morgan fingerprint density at radius 2 is 1.31 bits per heavy atom. The molecule has 2 heterocycles. The lowest BCUT2D eigenvalue weighted by atomic mass is 10.1. The number of rotatable bonds is 4. The van der Waals surface area contributed by atoms with Gasteiger partial charge in [-0.2, -0.15) is 0 Å². The number of anilines is 1. The van der Waals surface area contributed by atoms with Crippen LogP contribution in [0.5, 0.6) is 0 Å². The molecule has 0 saturated carbocycles. The predicted octanol–water partition coefficient (Wildman–Crippen LogP) is 1.42. The lowest BCUT2D eigenvalue weighted by molar-refractivity contribution is -0.139. The van der Waals surface area contributed by atoms with Gasteiger partial charge in [0.1, 0.15) is 0 Å². The van der Waals surface area contributed by atoms with Crippen molar-refractivity contribution in [1.82, 2.24) is 14.7 Å². The number of amides is 2. The quantitative estimate of drug-likeness (QED) is 0.773. The SMILES string of the molecule is Cl.Cl.Nc1ccc(CC(=O)N2CCN(C(=O)CN3CCCC3)CC2)cc1. The molecule has 0 aliphatic carbocycles. The van der Waals surface area contributed by atoms with E-state index in [-0.39, 0.29) is 36.6 Å². The van der Waals surface area contributed by atoms with E-state index in [1.54, 1.807) is 0 Å². The third-order valence-corrected chi connectivity index (χ3v) is 4.88. The van der Waals surface area contributed by atoms with Gasteiger partial charge in [-0.1, -0.05) is 12.1 Å². The van der Waals surface area contributed by atoms with Gasteiger partial charge in [-0.25, -0.2) is 0 Å². The van der Waals surface area contributed by atoms with Gasteiger partial charge < -0.3 is 15.5 Å². The van der Waals surface area contributed by atoms with Crippen LogP contribution in [0.1, 0.15) is 18.4 Å². The van der Waals surface area contributed by atoms with Gasteiger partial charge in [0.15, 0.2) is 0 Å². The Kier molecular flexibility index (Phi) is 9.19. The number of carbonyl (C=O) groups is 2. The van der Waals surface area contributed by atoms with Gasteiger partial charge in [-0.15, -0.1) is 24.8 Å². The lowest BCUT2D eigenvalue weighted by Gasteiger charge is -2.35. The summed E-state index contributed by atoms with van der Waals surface area (Å²) >= 11 is 0. The fourth-order valence-corrected chi connectivity index (χ4v) is 3.36. The third kappa shape index (κ3) is 6.04. The first-order chi connectivity index (χ1) is 11.6. The largest absolute Gasteiger partial charge is 0.399 e. The van der Waals surface area contributed by atoms with Crippen LogP contribution >= 0.6 is 24.8 Å². The van der Waals surface area contributed by atoms with Crippen LogP contribution in [0.4, 0.5) is 5.69 Å². The zero-order valence-electron chi connectivity index (χ0n) is 14.9. The van der Waals surface area contributed by atoms with E-state index in [0.29, 0.717) is 44.8 Å². The summed E-state index contributed by atoms with van der Waals surface area (Å²) in [6, 6.07) is 7.42. The van der Waals surface area contributed by atoms with Crippen LogP contribution in [0, 0.1) is 0 Å². The first-order valence-corrected chi connectivity index (χ1v) is 8.74. The summed E-state index contributed by atoms with van der Waals surface area (Å²) in [5.41, 5.74) is 7.34. The number of hydrogen-bond acceptors (Lipinski definition) is 4. The third-order valence-electron chi connectivity index (χ3n) is 4.88. The van der Waals surface area contributed by atoms with Crippen molar-refractivity contribution in [3.8, 4) is 0 Å². The number of likely N-dealkylation sites (tertiary alicyclic amines) is 1. The molecule has 2 fully saturated rings. The van der Waals surface area contributed by atoms with Gasteiger partial charge in [0.25, 0.3) is 0 Å². The number of carbonyl (C=O) groups excluding carboxylic acids is 2. The topological polar surface area (TPSA) is 69.9 Å². The summed E-state index contributed by atoms with van der Waals surface area (Å²) in [5, 5.41) is 0. The van der Waals surface area contributed by atoms with Gasteiger partial charge in [-0.05, 0) is 43.6 Å². The Bertz CT molecular complexity index is 583. The molecule has 2 aliphatic rings. The van der Waals surface area contributed by atoms with Crippen LogP contribution in [0.15, 0.2) is 24.3 Å². The molecule has 0 spiro atoms. The van der Waals surface area contributed by atoms with Crippen LogP contribution < -0.4 is 5.73 Å². The van der Waals surface area contributed by atoms with Crippen LogP contribution in [0.2, 0.25) is 0 Å². The highest BCUT2D eigenvalue weighted by Crippen LogP contribution is 2.11. The van der Waals surface area contributed by atoms with Gasteiger partial charge in [0, 0.05) is 31.9 Å². The lowest BCUT2D eigenvalue weighted by Crippen LogP contribution is -2.52. The molecule has 0 bridgehead atoms. The first kappa shape index (κ1) is 22.5. The van der Waals surface area contributed by atoms with E-state index in [9.17, 15) is 9.59 Å². The van der Waals surface area contributed by atoms with Gasteiger partial charge in [0.2, 0.25) is 11.8 Å². The van der Waals surface area contributed by atoms with Crippen LogP contribution in [0.3, 0.4) is 0 Å². The number of hydrogen-bond donors (Lipinski definition) is 1. The molecule has 1 aromatic carbocycles. The second kappa shape index (κ2) is 10.6. The Labute approximate surface area is 167 Å². The molecule has 146 valence electrons. The van der Waals surface area contributed by atoms with Crippen molar-refractivity contribution in [2.75, 3.05) is 51.5 Å². The van der Waals surface area contributed by atoms with E-state index in [0.717, 1.165) is 18.7 Å². The molecule has 6 nitrogen and oxygen atoms in total. The zero-order valence-corrected chi connectivity index (χ0v) is 16.6. The highest BCUT2D eigenvalue weighted by Gasteiger charge is 2.25. The van der Waals surface area contributed by atoms with Crippen molar-refractivity contribution >= 4 is 42.3 Å². The fourth-order valence-electron chi connectivity index (χ4n) is 3.36. The molecule has 2 N–H and O–H groups in total. The van der Waals surface area contributed by atoms with Crippen molar-refractivity contribution in [3.63, 3.8) is 0 Å². The van der Waals surface area contributed by atoms with Crippen LogP contribution in [-0.2, 0) is 16.0 Å². The van der Waals surface area contributed by atoms with E-state index in [2.05, 4.69) is 4.90 Å². The molecule has 2 amide bonds. The smallest absolute Gasteiger partial charge is 0.236 e. The van der Waals surface area contributed by atoms with Crippen LogP contribution in [0.25, 0.3) is 0 Å². The maximum absolute atomic E-state index is 12.4. The Morgan fingerprint density at radius 1 is 0.808 bits per heavy atom. The number of nitrogens with zero attached hydrogens (tertiary/aromatic N) is 3. The molecule has 1 aromatic rings. The van der Waals surface area contributed by atoms with Crippen molar-refractivity contribution in [2.24, 2.45) is 0 Å². The number of nitrogens with two attached hydrogens (primary N) is 1. The molecule has 26 heavy (non-hydrogen) atoms. The van der Waals surface area contributed by atoms with E-state index < -0.39 is 0 Å².